The minimum absolute atomic E-state index is 0.0331. The zero-order valence-electron chi connectivity index (χ0n) is 17.7. The fourth-order valence-corrected chi connectivity index (χ4v) is 4.64. The summed E-state index contributed by atoms with van der Waals surface area (Å²) in [5, 5.41) is 3.04. The fraction of sp³-hybridized carbons (Fsp3) is 0.696. The number of anilines is 1. The Bertz CT molecular complexity index is 633. The van der Waals surface area contributed by atoms with Gasteiger partial charge in [-0.15, -0.1) is 0 Å². The van der Waals surface area contributed by atoms with Gasteiger partial charge in [-0.3, -0.25) is 9.69 Å². The van der Waals surface area contributed by atoms with Gasteiger partial charge in [-0.05, 0) is 75.8 Å². The Morgan fingerprint density at radius 3 is 2.64 bits per heavy atom. The van der Waals surface area contributed by atoms with Crippen molar-refractivity contribution in [2.75, 3.05) is 32.1 Å². The monoisotopic (exact) mass is 388 g/mol. The van der Waals surface area contributed by atoms with Gasteiger partial charge in [0.15, 0.2) is 0 Å². The molecule has 1 heterocycles. The van der Waals surface area contributed by atoms with Crippen LogP contribution in [0.4, 0.5) is 5.69 Å². The number of hydrogen-bond acceptors (Lipinski definition) is 4. The molecular weight excluding hydrogens is 352 g/mol. The van der Waals surface area contributed by atoms with E-state index in [1.54, 1.807) is 7.11 Å². The number of nitrogens with one attached hydrogen (secondary N) is 1. The van der Waals surface area contributed by atoms with E-state index in [9.17, 15) is 4.79 Å². The Kier molecular flexibility index (Phi) is 7.36. The summed E-state index contributed by atoms with van der Waals surface area (Å²) in [5.41, 5.74) is 0.0921. The molecule has 0 bridgehead atoms. The fourth-order valence-electron chi connectivity index (χ4n) is 4.64. The van der Waals surface area contributed by atoms with Crippen molar-refractivity contribution in [3.05, 3.63) is 24.3 Å². The van der Waals surface area contributed by atoms with Crippen molar-refractivity contribution in [3.8, 4) is 5.75 Å². The van der Waals surface area contributed by atoms with E-state index < -0.39 is 5.60 Å². The first-order valence-corrected chi connectivity index (χ1v) is 10.9. The van der Waals surface area contributed by atoms with Gasteiger partial charge in [0.2, 0.25) is 0 Å². The third-order valence-corrected chi connectivity index (χ3v) is 6.46. The number of methoxy groups -OCH3 is 1. The first-order chi connectivity index (χ1) is 13.5. The van der Waals surface area contributed by atoms with Crippen molar-refractivity contribution in [2.24, 2.45) is 5.92 Å². The van der Waals surface area contributed by atoms with Crippen molar-refractivity contribution in [3.63, 3.8) is 0 Å². The molecule has 1 aliphatic heterocycles. The second-order valence-corrected chi connectivity index (χ2v) is 8.61. The van der Waals surface area contributed by atoms with Gasteiger partial charge >= 0.3 is 0 Å². The molecule has 5 heteroatoms. The summed E-state index contributed by atoms with van der Waals surface area (Å²) >= 11 is 0. The molecular formula is C23H36N2O3. The van der Waals surface area contributed by atoms with Gasteiger partial charge in [0.05, 0.1) is 0 Å². The zero-order chi connectivity index (χ0) is 20.0. The first-order valence-electron chi connectivity index (χ1n) is 10.9. The van der Waals surface area contributed by atoms with Crippen LogP contribution in [0.1, 0.15) is 58.8 Å². The highest BCUT2D eigenvalue weighted by Gasteiger charge is 2.41. The third kappa shape index (κ3) is 5.26. The molecule has 1 aromatic rings. The molecule has 2 aliphatic rings. The molecule has 3 rings (SSSR count). The Hall–Kier alpha value is -1.59. The maximum absolute atomic E-state index is 12.9. The maximum atomic E-state index is 12.9. The van der Waals surface area contributed by atoms with Crippen LogP contribution in [0.5, 0.6) is 5.75 Å². The Morgan fingerprint density at radius 1 is 1.18 bits per heavy atom. The van der Waals surface area contributed by atoms with Crippen LogP contribution in [-0.4, -0.2) is 49.3 Å². The second kappa shape index (κ2) is 9.75. The lowest BCUT2D eigenvalue weighted by molar-refractivity contribution is -0.143. The predicted octanol–water partition coefficient (Wildman–Crippen LogP) is 4.47. The summed E-state index contributed by atoms with van der Waals surface area (Å²) < 4.78 is 11.6. The Labute approximate surface area is 169 Å². The minimum atomic E-state index is -0.696. The lowest BCUT2D eigenvalue weighted by Gasteiger charge is -2.37. The molecule has 1 aliphatic carbocycles. The van der Waals surface area contributed by atoms with Crippen LogP contribution in [0.15, 0.2) is 24.3 Å². The molecule has 1 saturated heterocycles. The van der Waals surface area contributed by atoms with E-state index in [0.717, 1.165) is 37.2 Å². The molecule has 5 nitrogen and oxygen atoms in total. The van der Waals surface area contributed by atoms with E-state index in [4.69, 9.17) is 9.47 Å². The maximum Gasteiger partial charge on any atom is 0.256 e. The number of nitrogens with zero attached hydrogens (tertiary/aromatic N) is 1. The van der Waals surface area contributed by atoms with Crippen molar-refractivity contribution >= 4 is 11.6 Å². The molecule has 28 heavy (non-hydrogen) atoms. The summed E-state index contributed by atoms with van der Waals surface area (Å²) in [5.74, 6) is 1.32. The smallest absolute Gasteiger partial charge is 0.256 e. The highest BCUT2D eigenvalue weighted by Crippen LogP contribution is 2.35. The standard InChI is InChI=1S/C23H36N2O3/c1-18-7-6-13-23(17-18,27-3)22(26)24-20-9-11-21(12-10-20)28-16-15-25-14-5-4-8-19(25)2/h9-12,18-19H,4-8,13-17H2,1-3H3,(H,24,26)/t18-,19+,23+/m1/s1. The predicted molar refractivity (Wildman–Crippen MR) is 113 cm³/mol. The number of amides is 1. The van der Waals surface area contributed by atoms with Crippen LogP contribution < -0.4 is 10.1 Å². The number of hydrogen-bond donors (Lipinski definition) is 1. The number of benzene rings is 1. The molecule has 2 fully saturated rings. The number of likely N-dealkylation sites (tertiary alicyclic amines) is 1. The summed E-state index contributed by atoms with van der Waals surface area (Å²) in [7, 11) is 1.65. The van der Waals surface area contributed by atoms with Gasteiger partial charge in [0, 0.05) is 25.4 Å². The molecule has 1 aromatic carbocycles. The Balaban J connectivity index is 1.49. The quantitative estimate of drug-likeness (QED) is 0.748. The van der Waals surface area contributed by atoms with Crippen LogP contribution in [0.2, 0.25) is 0 Å². The van der Waals surface area contributed by atoms with Gasteiger partial charge in [-0.2, -0.15) is 0 Å². The van der Waals surface area contributed by atoms with Crippen molar-refractivity contribution in [1.29, 1.82) is 0 Å². The molecule has 1 amide bonds. The number of carbonyl (C=O) groups is 1. The van der Waals surface area contributed by atoms with Crippen molar-refractivity contribution < 1.29 is 14.3 Å². The van der Waals surface area contributed by atoms with E-state index in [-0.39, 0.29) is 5.91 Å². The van der Waals surface area contributed by atoms with E-state index in [0.29, 0.717) is 18.6 Å². The van der Waals surface area contributed by atoms with Crippen LogP contribution in [0.25, 0.3) is 0 Å². The van der Waals surface area contributed by atoms with Crippen molar-refractivity contribution in [2.45, 2.75) is 70.4 Å². The molecule has 1 N–H and O–H groups in total. The van der Waals surface area contributed by atoms with Gasteiger partial charge in [-0.1, -0.05) is 19.8 Å². The molecule has 3 atom stereocenters. The number of piperidine rings is 1. The SMILES string of the molecule is CO[C@@]1(C(=O)Nc2ccc(OCCN3CCCC[C@@H]3C)cc2)CCC[C@@H](C)C1. The van der Waals surface area contributed by atoms with Crippen LogP contribution >= 0.6 is 0 Å². The van der Waals surface area contributed by atoms with Gasteiger partial charge in [0.1, 0.15) is 18.0 Å². The zero-order valence-corrected chi connectivity index (χ0v) is 17.7. The van der Waals surface area contributed by atoms with Crippen LogP contribution in [0.3, 0.4) is 0 Å². The minimum Gasteiger partial charge on any atom is -0.492 e. The second-order valence-electron chi connectivity index (χ2n) is 8.61. The number of rotatable bonds is 7. The normalized spacial score (nSPS) is 28.7. The lowest BCUT2D eigenvalue weighted by atomic mass is 9.78. The average Bonchev–Trinajstić information content (AvgIpc) is 2.70. The largest absolute Gasteiger partial charge is 0.492 e. The molecule has 1 saturated carbocycles. The van der Waals surface area contributed by atoms with Crippen molar-refractivity contribution in [1.82, 2.24) is 4.90 Å². The summed E-state index contributed by atoms with van der Waals surface area (Å²) in [6.07, 6.45) is 7.69. The highest BCUT2D eigenvalue weighted by atomic mass is 16.5. The Morgan fingerprint density at radius 2 is 1.96 bits per heavy atom. The molecule has 0 spiro atoms. The van der Waals surface area contributed by atoms with E-state index in [1.165, 1.54) is 32.2 Å². The number of carbonyl (C=O) groups excluding carboxylic acids is 1. The van der Waals surface area contributed by atoms with Gasteiger partial charge < -0.3 is 14.8 Å². The average molecular weight is 389 g/mol. The molecule has 156 valence electrons. The number of ether oxygens (including phenoxy) is 2. The van der Waals surface area contributed by atoms with E-state index >= 15 is 0 Å². The summed E-state index contributed by atoms with van der Waals surface area (Å²) in [6.45, 7) is 7.33. The molecule has 0 unspecified atom stereocenters. The van der Waals surface area contributed by atoms with Crippen LogP contribution in [0, 0.1) is 5.92 Å². The topological polar surface area (TPSA) is 50.8 Å². The first kappa shape index (κ1) is 21.1. The molecule has 0 radical (unpaired) electrons. The van der Waals surface area contributed by atoms with Crippen LogP contribution in [-0.2, 0) is 9.53 Å². The van der Waals surface area contributed by atoms with Gasteiger partial charge in [-0.25, -0.2) is 0 Å². The summed E-state index contributed by atoms with van der Waals surface area (Å²) in [4.78, 5) is 15.4. The lowest BCUT2D eigenvalue weighted by Crippen LogP contribution is -2.47. The molecule has 0 aromatic heterocycles. The third-order valence-electron chi connectivity index (χ3n) is 6.46. The van der Waals surface area contributed by atoms with E-state index in [1.807, 2.05) is 24.3 Å². The summed E-state index contributed by atoms with van der Waals surface area (Å²) in [6, 6.07) is 8.33. The van der Waals surface area contributed by atoms with E-state index in [2.05, 4.69) is 24.1 Å². The highest BCUT2D eigenvalue weighted by molar-refractivity contribution is 5.97. The van der Waals surface area contributed by atoms with Gasteiger partial charge in [0.25, 0.3) is 5.91 Å².